The van der Waals surface area contributed by atoms with E-state index in [1.165, 1.54) is 0 Å². The van der Waals surface area contributed by atoms with Crippen LogP contribution in [0, 0.1) is 5.92 Å². The average Bonchev–Trinajstić information content (AvgIpc) is 2.35. The Morgan fingerprint density at radius 3 is 2.47 bits per heavy atom. The van der Waals surface area contributed by atoms with E-state index in [-0.39, 0.29) is 13.2 Å². The molecule has 0 aromatic carbocycles. The summed E-state index contributed by atoms with van der Waals surface area (Å²) >= 11 is 0. The molecular formula is C12H23F3N2O2. The molecule has 1 fully saturated rings. The summed E-state index contributed by atoms with van der Waals surface area (Å²) in [4.78, 5) is 1.98. The molecule has 1 heterocycles. The number of halogens is 3. The zero-order chi connectivity index (χ0) is 14.1. The summed E-state index contributed by atoms with van der Waals surface area (Å²) in [6.45, 7) is 2.57. The summed E-state index contributed by atoms with van der Waals surface area (Å²) in [5, 5.41) is 12.2. The second-order valence-corrected chi connectivity index (χ2v) is 4.89. The van der Waals surface area contributed by atoms with Crippen molar-refractivity contribution in [2.24, 2.45) is 5.92 Å². The third-order valence-corrected chi connectivity index (χ3v) is 3.21. The fraction of sp³-hybridized carbons (Fsp3) is 1.00. The standard InChI is InChI=1S/C12H23F3N2O2/c13-12(14,15)10-19-8-6-17(5-7-18)9-11-1-3-16-4-2-11/h11,16,18H,1-10H2. The Hall–Kier alpha value is -0.370. The van der Waals surface area contributed by atoms with Gasteiger partial charge in [0.15, 0.2) is 0 Å². The molecule has 2 N–H and O–H groups in total. The predicted octanol–water partition coefficient (Wildman–Crippen LogP) is 0.859. The van der Waals surface area contributed by atoms with Crippen LogP contribution in [0.1, 0.15) is 12.8 Å². The lowest BCUT2D eigenvalue weighted by Gasteiger charge is -2.29. The van der Waals surface area contributed by atoms with Gasteiger partial charge in [-0.25, -0.2) is 0 Å². The van der Waals surface area contributed by atoms with Crippen LogP contribution in [-0.4, -0.2) is 68.7 Å². The molecule has 0 bridgehead atoms. The van der Waals surface area contributed by atoms with Crippen LogP contribution in [0.5, 0.6) is 0 Å². The summed E-state index contributed by atoms with van der Waals surface area (Å²) in [7, 11) is 0. The van der Waals surface area contributed by atoms with E-state index in [2.05, 4.69) is 10.1 Å². The first kappa shape index (κ1) is 16.7. The molecule has 114 valence electrons. The first-order valence-electron chi connectivity index (χ1n) is 6.69. The predicted molar refractivity (Wildman–Crippen MR) is 66.0 cm³/mol. The number of nitrogens with one attached hydrogen (secondary N) is 1. The fourth-order valence-corrected chi connectivity index (χ4v) is 2.25. The van der Waals surface area contributed by atoms with Crippen LogP contribution in [0.3, 0.4) is 0 Å². The largest absolute Gasteiger partial charge is 0.411 e. The molecule has 0 aliphatic carbocycles. The summed E-state index contributed by atoms with van der Waals surface area (Å²) in [6, 6.07) is 0. The van der Waals surface area contributed by atoms with E-state index in [9.17, 15) is 13.2 Å². The van der Waals surface area contributed by atoms with Gasteiger partial charge in [-0.2, -0.15) is 13.2 Å². The third kappa shape index (κ3) is 8.41. The minimum absolute atomic E-state index is 0.0181. The summed E-state index contributed by atoms with van der Waals surface area (Å²) < 4.78 is 40.3. The summed E-state index contributed by atoms with van der Waals surface area (Å²) in [5.41, 5.74) is 0. The van der Waals surface area contributed by atoms with Crippen molar-refractivity contribution in [2.45, 2.75) is 19.0 Å². The zero-order valence-electron chi connectivity index (χ0n) is 11.1. The smallest absolute Gasteiger partial charge is 0.395 e. The van der Waals surface area contributed by atoms with Crippen molar-refractivity contribution in [3.63, 3.8) is 0 Å². The molecule has 1 aliphatic rings. The Bertz CT molecular complexity index is 234. The van der Waals surface area contributed by atoms with Gasteiger partial charge >= 0.3 is 6.18 Å². The highest BCUT2D eigenvalue weighted by Gasteiger charge is 2.27. The van der Waals surface area contributed by atoms with Crippen LogP contribution < -0.4 is 5.32 Å². The number of nitrogens with zero attached hydrogens (tertiary/aromatic N) is 1. The molecule has 0 unspecified atom stereocenters. The Balaban J connectivity index is 2.19. The first-order chi connectivity index (χ1) is 9.01. The van der Waals surface area contributed by atoms with Gasteiger partial charge in [-0.3, -0.25) is 4.90 Å². The summed E-state index contributed by atoms with van der Waals surface area (Å²) in [5.74, 6) is 0.551. The van der Waals surface area contributed by atoms with E-state index in [1.807, 2.05) is 4.90 Å². The number of ether oxygens (including phenoxy) is 1. The van der Waals surface area contributed by atoms with Crippen molar-refractivity contribution in [3.05, 3.63) is 0 Å². The van der Waals surface area contributed by atoms with Crippen LogP contribution >= 0.6 is 0 Å². The molecule has 1 rings (SSSR count). The molecule has 4 nitrogen and oxygen atoms in total. The van der Waals surface area contributed by atoms with Gasteiger partial charge in [-0.15, -0.1) is 0 Å². The van der Waals surface area contributed by atoms with E-state index in [4.69, 9.17) is 5.11 Å². The van der Waals surface area contributed by atoms with Crippen LogP contribution in [0.15, 0.2) is 0 Å². The number of hydrogen-bond acceptors (Lipinski definition) is 4. The fourth-order valence-electron chi connectivity index (χ4n) is 2.25. The SMILES string of the molecule is OCCN(CCOCC(F)(F)F)CC1CCNCC1. The highest BCUT2D eigenvalue weighted by Crippen LogP contribution is 2.15. The second-order valence-electron chi connectivity index (χ2n) is 4.89. The van der Waals surface area contributed by atoms with Gasteiger partial charge in [0.25, 0.3) is 0 Å². The number of rotatable bonds is 8. The molecule has 0 aromatic heterocycles. The Morgan fingerprint density at radius 2 is 1.89 bits per heavy atom. The monoisotopic (exact) mass is 284 g/mol. The minimum atomic E-state index is -4.27. The number of hydrogen-bond donors (Lipinski definition) is 2. The Kier molecular flexibility index (Phi) is 7.67. The van der Waals surface area contributed by atoms with E-state index in [1.54, 1.807) is 0 Å². The van der Waals surface area contributed by atoms with E-state index >= 15 is 0 Å². The molecular weight excluding hydrogens is 261 g/mol. The van der Waals surface area contributed by atoms with Gasteiger partial charge in [0.05, 0.1) is 13.2 Å². The summed E-state index contributed by atoms with van der Waals surface area (Å²) in [6.07, 6.45) is -2.12. The lowest BCUT2D eigenvalue weighted by atomic mass is 9.97. The quantitative estimate of drug-likeness (QED) is 0.649. The van der Waals surface area contributed by atoms with Gasteiger partial charge in [-0.05, 0) is 31.8 Å². The van der Waals surface area contributed by atoms with Crippen molar-refractivity contribution >= 4 is 0 Å². The number of aliphatic hydroxyl groups excluding tert-OH is 1. The molecule has 19 heavy (non-hydrogen) atoms. The van der Waals surface area contributed by atoms with Crippen molar-refractivity contribution < 1.29 is 23.0 Å². The Morgan fingerprint density at radius 1 is 1.21 bits per heavy atom. The normalized spacial score (nSPS) is 18.2. The van der Waals surface area contributed by atoms with Gasteiger partial charge in [0.2, 0.25) is 0 Å². The van der Waals surface area contributed by atoms with Crippen LogP contribution in [0.4, 0.5) is 13.2 Å². The van der Waals surface area contributed by atoms with Crippen molar-refractivity contribution in [2.75, 3.05) is 52.5 Å². The number of alkyl halides is 3. The van der Waals surface area contributed by atoms with E-state index < -0.39 is 12.8 Å². The van der Waals surface area contributed by atoms with Crippen molar-refractivity contribution in [1.29, 1.82) is 0 Å². The maximum Gasteiger partial charge on any atom is 0.411 e. The molecule has 0 aromatic rings. The van der Waals surface area contributed by atoms with Gasteiger partial charge in [0, 0.05) is 19.6 Å². The van der Waals surface area contributed by atoms with Crippen LogP contribution in [0.25, 0.3) is 0 Å². The number of piperidine rings is 1. The minimum Gasteiger partial charge on any atom is -0.395 e. The third-order valence-electron chi connectivity index (χ3n) is 3.21. The second kappa shape index (κ2) is 8.73. The molecule has 0 radical (unpaired) electrons. The molecule has 0 spiro atoms. The highest BCUT2D eigenvalue weighted by molar-refractivity contribution is 4.72. The number of aliphatic hydroxyl groups is 1. The molecule has 1 aliphatic heterocycles. The van der Waals surface area contributed by atoms with E-state index in [0.29, 0.717) is 19.0 Å². The van der Waals surface area contributed by atoms with Crippen LogP contribution in [-0.2, 0) is 4.74 Å². The first-order valence-corrected chi connectivity index (χ1v) is 6.69. The van der Waals surface area contributed by atoms with Gasteiger partial charge < -0.3 is 15.2 Å². The molecule has 1 saturated heterocycles. The van der Waals surface area contributed by atoms with E-state index in [0.717, 1.165) is 32.5 Å². The highest BCUT2D eigenvalue weighted by atomic mass is 19.4. The molecule has 0 saturated carbocycles. The van der Waals surface area contributed by atoms with Crippen molar-refractivity contribution in [1.82, 2.24) is 10.2 Å². The zero-order valence-corrected chi connectivity index (χ0v) is 11.1. The molecule has 7 heteroatoms. The Labute approximate surface area is 111 Å². The van der Waals surface area contributed by atoms with Crippen molar-refractivity contribution in [3.8, 4) is 0 Å². The molecule has 0 atom stereocenters. The maximum absolute atomic E-state index is 11.9. The lowest BCUT2D eigenvalue weighted by Crippen LogP contribution is -2.39. The van der Waals surface area contributed by atoms with Gasteiger partial charge in [0.1, 0.15) is 6.61 Å². The lowest BCUT2D eigenvalue weighted by molar-refractivity contribution is -0.174. The maximum atomic E-state index is 11.9. The average molecular weight is 284 g/mol. The molecule has 0 amide bonds. The van der Waals surface area contributed by atoms with Crippen LogP contribution in [0.2, 0.25) is 0 Å². The van der Waals surface area contributed by atoms with Gasteiger partial charge in [-0.1, -0.05) is 0 Å². The topological polar surface area (TPSA) is 44.7 Å².